The lowest BCUT2D eigenvalue weighted by Gasteiger charge is -2.19. The highest BCUT2D eigenvalue weighted by Gasteiger charge is 2.23. The number of hydrogen-bond donors (Lipinski definition) is 1. The molecule has 1 aliphatic heterocycles. The Morgan fingerprint density at radius 1 is 1.40 bits per heavy atom. The molecule has 3 rings (SSSR count). The van der Waals surface area contributed by atoms with Crippen molar-refractivity contribution in [2.24, 2.45) is 0 Å². The van der Waals surface area contributed by atoms with Crippen molar-refractivity contribution >= 4 is 16.3 Å². The third-order valence-corrected chi connectivity index (χ3v) is 4.60. The van der Waals surface area contributed by atoms with Crippen LogP contribution in [0, 0.1) is 0 Å². The molecule has 0 saturated carbocycles. The fraction of sp³-hybridized carbons (Fsp3) is 0.769. The molecule has 0 amide bonds. The third-order valence-electron chi connectivity index (χ3n) is 3.68. The minimum absolute atomic E-state index is 0.430. The summed E-state index contributed by atoms with van der Waals surface area (Å²) in [5.74, 6) is 1.43. The Bertz CT molecular complexity index is 560. The third kappa shape index (κ3) is 2.84. The van der Waals surface area contributed by atoms with Crippen molar-refractivity contribution in [1.82, 2.24) is 25.1 Å². The number of hydrogen-bond acceptors (Lipinski definition) is 6. The van der Waals surface area contributed by atoms with E-state index in [-0.39, 0.29) is 0 Å². The molecule has 1 fully saturated rings. The second kappa shape index (κ2) is 6.15. The van der Waals surface area contributed by atoms with Gasteiger partial charge in [0.15, 0.2) is 5.82 Å². The lowest BCUT2D eigenvalue weighted by Crippen LogP contribution is -2.27. The average molecular weight is 295 g/mol. The van der Waals surface area contributed by atoms with Gasteiger partial charge >= 0.3 is 0 Å². The molecule has 2 aromatic rings. The van der Waals surface area contributed by atoms with E-state index < -0.39 is 0 Å². The average Bonchev–Trinajstić information content (AvgIpc) is 2.99. The summed E-state index contributed by atoms with van der Waals surface area (Å²) >= 11 is 1.64. The van der Waals surface area contributed by atoms with E-state index in [1.807, 2.05) is 4.52 Å². The molecule has 3 heterocycles. The fourth-order valence-corrected chi connectivity index (χ4v) is 3.62. The molecule has 7 heteroatoms. The second-order valence-electron chi connectivity index (χ2n) is 5.30. The van der Waals surface area contributed by atoms with Crippen LogP contribution in [-0.4, -0.2) is 45.6 Å². The SMILES string of the molecule is CCNC(C)Cc1nn2c(C3CCOCC3)nnc2s1. The summed E-state index contributed by atoms with van der Waals surface area (Å²) in [4.78, 5) is 0.908. The van der Waals surface area contributed by atoms with E-state index in [2.05, 4.69) is 29.4 Å². The zero-order chi connectivity index (χ0) is 13.9. The molecule has 1 aliphatic rings. The van der Waals surface area contributed by atoms with Crippen molar-refractivity contribution in [3.8, 4) is 0 Å². The molecular formula is C13H21N5OS. The summed E-state index contributed by atoms with van der Waals surface area (Å²) in [6, 6.07) is 0.440. The van der Waals surface area contributed by atoms with Crippen LogP contribution in [0.3, 0.4) is 0 Å². The largest absolute Gasteiger partial charge is 0.381 e. The highest BCUT2D eigenvalue weighted by Crippen LogP contribution is 2.27. The van der Waals surface area contributed by atoms with Crippen LogP contribution in [0.25, 0.3) is 4.96 Å². The van der Waals surface area contributed by atoms with Gasteiger partial charge in [-0.1, -0.05) is 18.3 Å². The maximum atomic E-state index is 5.41. The van der Waals surface area contributed by atoms with Crippen LogP contribution in [0.15, 0.2) is 0 Å². The smallest absolute Gasteiger partial charge is 0.234 e. The van der Waals surface area contributed by atoms with Crippen molar-refractivity contribution in [2.75, 3.05) is 19.8 Å². The maximum absolute atomic E-state index is 5.41. The number of rotatable bonds is 5. The molecule has 1 unspecified atom stereocenters. The summed E-state index contributed by atoms with van der Waals surface area (Å²) in [6.07, 6.45) is 2.97. The Kier molecular flexibility index (Phi) is 4.28. The van der Waals surface area contributed by atoms with Crippen LogP contribution in [0.4, 0.5) is 0 Å². The summed E-state index contributed by atoms with van der Waals surface area (Å²) in [6.45, 7) is 6.92. The van der Waals surface area contributed by atoms with Gasteiger partial charge in [-0.25, -0.2) is 0 Å². The molecule has 6 nitrogen and oxygen atoms in total. The predicted molar refractivity (Wildman–Crippen MR) is 78.3 cm³/mol. The molecular weight excluding hydrogens is 274 g/mol. The van der Waals surface area contributed by atoms with Crippen LogP contribution in [0.1, 0.15) is 43.4 Å². The molecule has 0 spiro atoms. The lowest BCUT2D eigenvalue weighted by atomic mass is 10.00. The highest BCUT2D eigenvalue weighted by atomic mass is 32.1. The molecule has 1 saturated heterocycles. The normalized spacial score (nSPS) is 18.7. The quantitative estimate of drug-likeness (QED) is 0.908. The topological polar surface area (TPSA) is 64.3 Å². The van der Waals surface area contributed by atoms with Gasteiger partial charge in [-0.2, -0.15) is 9.61 Å². The summed E-state index contributed by atoms with van der Waals surface area (Å²) in [5, 5.41) is 17.8. The number of aromatic nitrogens is 4. The number of nitrogens with one attached hydrogen (secondary N) is 1. The van der Waals surface area contributed by atoms with Gasteiger partial charge in [0.05, 0.1) is 0 Å². The van der Waals surface area contributed by atoms with Crippen molar-refractivity contribution in [2.45, 2.75) is 45.1 Å². The number of fused-ring (bicyclic) bond motifs is 1. The molecule has 2 aromatic heterocycles. The van der Waals surface area contributed by atoms with Crippen molar-refractivity contribution < 1.29 is 4.74 Å². The monoisotopic (exact) mass is 295 g/mol. The molecule has 0 radical (unpaired) electrons. The van der Waals surface area contributed by atoms with Gasteiger partial charge in [0.2, 0.25) is 4.96 Å². The maximum Gasteiger partial charge on any atom is 0.234 e. The Balaban J connectivity index is 1.79. The summed E-state index contributed by atoms with van der Waals surface area (Å²) in [5.41, 5.74) is 0. The molecule has 0 aromatic carbocycles. The summed E-state index contributed by atoms with van der Waals surface area (Å²) < 4.78 is 7.35. The molecule has 110 valence electrons. The standard InChI is InChI=1S/C13H21N5OS/c1-3-14-9(2)8-11-17-18-12(15-16-13(18)20-11)10-4-6-19-7-5-10/h9-10,14H,3-8H2,1-2H3. The Morgan fingerprint density at radius 3 is 2.95 bits per heavy atom. The van der Waals surface area contributed by atoms with Crippen molar-refractivity contribution in [3.63, 3.8) is 0 Å². The van der Waals surface area contributed by atoms with E-state index >= 15 is 0 Å². The van der Waals surface area contributed by atoms with Crippen LogP contribution >= 0.6 is 11.3 Å². The van der Waals surface area contributed by atoms with E-state index in [0.717, 1.165) is 54.8 Å². The minimum Gasteiger partial charge on any atom is -0.381 e. The molecule has 1 atom stereocenters. The first-order valence-corrected chi connectivity index (χ1v) is 8.11. The Hall–Kier alpha value is -1.05. The van der Waals surface area contributed by atoms with Crippen LogP contribution in [-0.2, 0) is 11.2 Å². The van der Waals surface area contributed by atoms with E-state index in [1.54, 1.807) is 11.3 Å². The van der Waals surface area contributed by atoms with Gasteiger partial charge in [-0.05, 0) is 26.3 Å². The van der Waals surface area contributed by atoms with Gasteiger partial charge in [0.25, 0.3) is 0 Å². The minimum atomic E-state index is 0.430. The van der Waals surface area contributed by atoms with Crippen LogP contribution in [0.5, 0.6) is 0 Å². The lowest BCUT2D eigenvalue weighted by molar-refractivity contribution is 0.0831. The second-order valence-corrected chi connectivity index (χ2v) is 6.34. The Labute approximate surface area is 122 Å². The van der Waals surface area contributed by atoms with Crippen molar-refractivity contribution in [3.05, 3.63) is 10.8 Å². The van der Waals surface area contributed by atoms with Crippen LogP contribution < -0.4 is 5.32 Å². The molecule has 0 aliphatic carbocycles. The van der Waals surface area contributed by atoms with E-state index in [4.69, 9.17) is 9.84 Å². The zero-order valence-corrected chi connectivity index (χ0v) is 12.8. The molecule has 20 heavy (non-hydrogen) atoms. The van der Waals surface area contributed by atoms with Gasteiger partial charge < -0.3 is 10.1 Å². The van der Waals surface area contributed by atoms with E-state index in [0.29, 0.717) is 12.0 Å². The number of nitrogens with zero attached hydrogens (tertiary/aromatic N) is 4. The van der Waals surface area contributed by atoms with E-state index in [9.17, 15) is 0 Å². The predicted octanol–water partition coefficient (Wildman–Crippen LogP) is 1.62. The van der Waals surface area contributed by atoms with Gasteiger partial charge in [0.1, 0.15) is 5.01 Å². The summed E-state index contributed by atoms with van der Waals surface area (Å²) in [7, 11) is 0. The fourth-order valence-electron chi connectivity index (χ4n) is 2.65. The molecule has 1 N–H and O–H groups in total. The number of likely N-dealkylation sites (N-methyl/N-ethyl adjacent to an activating group) is 1. The van der Waals surface area contributed by atoms with Gasteiger partial charge in [0, 0.05) is 31.6 Å². The first-order chi connectivity index (χ1) is 9.78. The zero-order valence-electron chi connectivity index (χ0n) is 12.0. The van der Waals surface area contributed by atoms with Gasteiger partial charge in [-0.3, -0.25) is 0 Å². The highest BCUT2D eigenvalue weighted by molar-refractivity contribution is 7.16. The number of ether oxygens (including phenoxy) is 1. The van der Waals surface area contributed by atoms with E-state index in [1.165, 1.54) is 0 Å². The molecule has 0 bridgehead atoms. The van der Waals surface area contributed by atoms with Crippen molar-refractivity contribution in [1.29, 1.82) is 0 Å². The van der Waals surface area contributed by atoms with Crippen LogP contribution in [0.2, 0.25) is 0 Å². The Morgan fingerprint density at radius 2 is 2.20 bits per heavy atom. The first-order valence-electron chi connectivity index (χ1n) is 7.30. The first kappa shape index (κ1) is 13.9. The van der Waals surface area contributed by atoms with Gasteiger partial charge in [-0.15, -0.1) is 10.2 Å².